The highest BCUT2D eigenvalue weighted by Gasteiger charge is 2.31. The van der Waals surface area contributed by atoms with Crippen LogP contribution in [0.25, 0.3) is 0 Å². The summed E-state index contributed by atoms with van der Waals surface area (Å²) in [6.07, 6.45) is 3.28. The minimum absolute atomic E-state index is 0.00408. The Balaban J connectivity index is 1.40. The molecular formula is C20H25N3O2. The van der Waals surface area contributed by atoms with Crippen molar-refractivity contribution in [3.8, 4) is 0 Å². The van der Waals surface area contributed by atoms with Gasteiger partial charge >= 0.3 is 0 Å². The van der Waals surface area contributed by atoms with Crippen LogP contribution >= 0.6 is 0 Å². The number of hydrogen-bond acceptors (Lipinski definition) is 4. The highest BCUT2D eigenvalue weighted by atomic mass is 16.5. The third-order valence-electron chi connectivity index (χ3n) is 5.34. The molecule has 1 atom stereocenters. The zero-order valence-electron chi connectivity index (χ0n) is 14.7. The lowest BCUT2D eigenvalue weighted by Crippen LogP contribution is -2.36. The molecule has 4 rings (SSSR count). The maximum Gasteiger partial charge on any atom is 0.276 e. The Labute approximate surface area is 148 Å². The van der Waals surface area contributed by atoms with E-state index in [9.17, 15) is 4.79 Å². The van der Waals surface area contributed by atoms with Gasteiger partial charge in [-0.2, -0.15) is 0 Å². The quantitative estimate of drug-likeness (QED) is 0.858. The van der Waals surface area contributed by atoms with Crippen molar-refractivity contribution < 1.29 is 9.32 Å². The lowest BCUT2D eigenvalue weighted by Gasteiger charge is -2.26. The van der Waals surface area contributed by atoms with E-state index in [1.165, 1.54) is 5.56 Å². The summed E-state index contributed by atoms with van der Waals surface area (Å²) in [4.78, 5) is 17.2. The van der Waals surface area contributed by atoms with E-state index in [1.807, 2.05) is 17.0 Å². The maximum atomic E-state index is 12.8. The minimum atomic E-state index is 0.00408. The Kier molecular flexibility index (Phi) is 4.57. The SMILES string of the molecule is C[C@@H]1CCN(C(=O)c2cc(C3CC3)on2)CCN1Cc1ccccc1. The Hall–Kier alpha value is -2.14. The van der Waals surface area contributed by atoms with Gasteiger partial charge < -0.3 is 9.42 Å². The summed E-state index contributed by atoms with van der Waals surface area (Å²) in [7, 11) is 0. The van der Waals surface area contributed by atoms with Crippen LogP contribution in [0.4, 0.5) is 0 Å². The molecule has 1 amide bonds. The van der Waals surface area contributed by atoms with E-state index in [1.54, 1.807) is 0 Å². The van der Waals surface area contributed by atoms with Crippen molar-refractivity contribution in [1.82, 2.24) is 15.0 Å². The van der Waals surface area contributed by atoms with E-state index in [-0.39, 0.29) is 5.91 Å². The molecule has 5 heteroatoms. The van der Waals surface area contributed by atoms with Gasteiger partial charge in [-0.3, -0.25) is 9.69 Å². The fourth-order valence-corrected chi connectivity index (χ4v) is 3.47. The zero-order valence-corrected chi connectivity index (χ0v) is 14.7. The predicted molar refractivity (Wildman–Crippen MR) is 95.3 cm³/mol. The molecular weight excluding hydrogens is 314 g/mol. The first-order valence-corrected chi connectivity index (χ1v) is 9.24. The van der Waals surface area contributed by atoms with Gasteiger partial charge in [-0.1, -0.05) is 35.5 Å². The fraction of sp³-hybridized carbons (Fsp3) is 0.500. The van der Waals surface area contributed by atoms with Gasteiger partial charge in [0.15, 0.2) is 5.69 Å². The van der Waals surface area contributed by atoms with E-state index in [4.69, 9.17) is 4.52 Å². The van der Waals surface area contributed by atoms with Crippen molar-refractivity contribution in [3.63, 3.8) is 0 Å². The fourth-order valence-electron chi connectivity index (χ4n) is 3.47. The molecule has 1 saturated heterocycles. The van der Waals surface area contributed by atoms with E-state index in [0.29, 0.717) is 17.7 Å². The Morgan fingerprint density at radius 1 is 1.16 bits per heavy atom. The molecule has 2 heterocycles. The second kappa shape index (κ2) is 7.00. The van der Waals surface area contributed by atoms with Crippen LogP contribution in [0.1, 0.15) is 53.9 Å². The normalized spacial score (nSPS) is 22.0. The zero-order chi connectivity index (χ0) is 17.2. The van der Waals surface area contributed by atoms with Crippen molar-refractivity contribution in [2.75, 3.05) is 19.6 Å². The molecule has 1 saturated carbocycles. The molecule has 0 N–H and O–H groups in total. The lowest BCUT2D eigenvalue weighted by molar-refractivity contribution is 0.0750. The first kappa shape index (κ1) is 16.3. The van der Waals surface area contributed by atoms with Crippen LogP contribution in [0, 0.1) is 0 Å². The van der Waals surface area contributed by atoms with Crippen molar-refractivity contribution in [1.29, 1.82) is 0 Å². The predicted octanol–water partition coefficient (Wildman–Crippen LogP) is 3.29. The van der Waals surface area contributed by atoms with Crippen LogP contribution in [0.15, 0.2) is 40.9 Å². The highest BCUT2D eigenvalue weighted by molar-refractivity contribution is 5.92. The molecule has 2 aliphatic rings. The number of carbonyl (C=O) groups is 1. The first-order chi connectivity index (χ1) is 12.2. The van der Waals surface area contributed by atoms with Crippen molar-refractivity contribution in [3.05, 3.63) is 53.4 Å². The first-order valence-electron chi connectivity index (χ1n) is 9.24. The number of rotatable bonds is 4. The van der Waals surface area contributed by atoms with Gasteiger partial charge in [-0.15, -0.1) is 0 Å². The van der Waals surface area contributed by atoms with Crippen molar-refractivity contribution in [2.45, 2.75) is 44.7 Å². The maximum absolute atomic E-state index is 12.8. The molecule has 132 valence electrons. The summed E-state index contributed by atoms with van der Waals surface area (Å²) < 4.78 is 5.35. The van der Waals surface area contributed by atoms with Gasteiger partial charge in [0, 0.05) is 44.2 Å². The monoisotopic (exact) mass is 339 g/mol. The number of benzene rings is 1. The van der Waals surface area contributed by atoms with Gasteiger partial charge in [-0.05, 0) is 31.7 Å². The summed E-state index contributed by atoms with van der Waals surface area (Å²) in [6, 6.07) is 12.8. The van der Waals surface area contributed by atoms with Gasteiger partial charge in [0.1, 0.15) is 5.76 Å². The van der Waals surface area contributed by atoms with Crippen LogP contribution in [0.3, 0.4) is 0 Å². The molecule has 0 radical (unpaired) electrons. The Morgan fingerprint density at radius 3 is 2.72 bits per heavy atom. The third kappa shape index (κ3) is 3.76. The second-order valence-electron chi connectivity index (χ2n) is 7.27. The topological polar surface area (TPSA) is 49.6 Å². The van der Waals surface area contributed by atoms with E-state index >= 15 is 0 Å². The van der Waals surface area contributed by atoms with Crippen molar-refractivity contribution in [2.24, 2.45) is 0 Å². The van der Waals surface area contributed by atoms with E-state index < -0.39 is 0 Å². The number of aromatic nitrogens is 1. The molecule has 0 bridgehead atoms. The highest BCUT2D eigenvalue weighted by Crippen LogP contribution is 2.40. The van der Waals surface area contributed by atoms with Crippen LogP contribution in [-0.4, -0.2) is 46.5 Å². The summed E-state index contributed by atoms with van der Waals surface area (Å²) in [5.74, 6) is 1.36. The van der Waals surface area contributed by atoms with Gasteiger partial charge in [0.05, 0.1) is 0 Å². The molecule has 0 unspecified atom stereocenters. The minimum Gasteiger partial charge on any atom is -0.360 e. The van der Waals surface area contributed by atoms with Gasteiger partial charge in [-0.25, -0.2) is 0 Å². The number of carbonyl (C=O) groups excluding carboxylic acids is 1. The van der Waals surface area contributed by atoms with Crippen LogP contribution in [-0.2, 0) is 6.54 Å². The smallest absolute Gasteiger partial charge is 0.276 e. The van der Waals surface area contributed by atoms with E-state index in [2.05, 4.69) is 41.2 Å². The summed E-state index contributed by atoms with van der Waals surface area (Å²) >= 11 is 0. The van der Waals surface area contributed by atoms with Gasteiger partial charge in [0.25, 0.3) is 5.91 Å². The summed E-state index contributed by atoms with van der Waals surface area (Å²) in [5.41, 5.74) is 1.78. The number of nitrogens with zero attached hydrogens (tertiary/aromatic N) is 3. The summed E-state index contributed by atoms with van der Waals surface area (Å²) in [6.45, 7) is 5.58. The molecule has 2 fully saturated rings. The lowest BCUT2D eigenvalue weighted by atomic mass is 10.1. The van der Waals surface area contributed by atoms with E-state index in [0.717, 1.165) is 51.2 Å². The van der Waals surface area contributed by atoms with Crippen LogP contribution in [0.5, 0.6) is 0 Å². The average molecular weight is 339 g/mol. The molecule has 0 spiro atoms. The third-order valence-corrected chi connectivity index (χ3v) is 5.34. The molecule has 25 heavy (non-hydrogen) atoms. The standard InChI is InChI=1S/C20H25N3O2/c1-15-9-10-22(11-12-23(15)14-16-5-3-2-4-6-16)20(24)18-13-19(25-21-18)17-7-8-17/h2-6,13,15,17H,7-12,14H2,1H3/t15-/m1/s1. The molecule has 1 aromatic carbocycles. The average Bonchev–Trinajstić information content (AvgIpc) is 3.40. The van der Waals surface area contributed by atoms with Crippen molar-refractivity contribution >= 4 is 5.91 Å². The molecule has 1 aliphatic carbocycles. The largest absolute Gasteiger partial charge is 0.360 e. The molecule has 2 aromatic rings. The van der Waals surface area contributed by atoms with Crippen LogP contribution < -0.4 is 0 Å². The summed E-state index contributed by atoms with van der Waals surface area (Å²) in [5, 5.41) is 4.01. The molecule has 1 aliphatic heterocycles. The van der Waals surface area contributed by atoms with Crippen LogP contribution in [0.2, 0.25) is 0 Å². The number of hydrogen-bond donors (Lipinski definition) is 0. The molecule has 1 aromatic heterocycles. The Morgan fingerprint density at radius 2 is 1.96 bits per heavy atom. The second-order valence-corrected chi connectivity index (χ2v) is 7.27. The van der Waals surface area contributed by atoms with Gasteiger partial charge in [0.2, 0.25) is 0 Å². The molecule has 5 nitrogen and oxygen atoms in total. The number of amides is 1. The Bertz CT molecular complexity index is 724.